The first-order valence-electron chi connectivity index (χ1n) is 9.31. The SMILES string of the molecule is C[C@@]1(c2ccccc2)OC(c2ccccc2)=C[C@@H]1CCc1ccccc1. The Kier molecular flexibility index (Phi) is 4.62. The number of ether oxygens (including phenoxy) is 1. The fraction of sp³-hybridized carbons (Fsp3) is 0.200. The van der Waals surface area contributed by atoms with Gasteiger partial charge < -0.3 is 4.74 Å². The third-order valence-corrected chi connectivity index (χ3v) is 5.37. The molecule has 0 saturated heterocycles. The molecular weight excluding hydrogens is 316 g/mol. The highest BCUT2D eigenvalue weighted by molar-refractivity contribution is 5.63. The summed E-state index contributed by atoms with van der Waals surface area (Å²) in [4.78, 5) is 0. The van der Waals surface area contributed by atoms with Crippen LogP contribution in [0.3, 0.4) is 0 Å². The fourth-order valence-corrected chi connectivity index (χ4v) is 3.81. The minimum atomic E-state index is -0.332. The van der Waals surface area contributed by atoms with E-state index in [1.165, 1.54) is 11.1 Å². The van der Waals surface area contributed by atoms with Crippen molar-refractivity contribution >= 4 is 5.76 Å². The van der Waals surface area contributed by atoms with Gasteiger partial charge in [-0.05, 0) is 37.0 Å². The van der Waals surface area contributed by atoms with Crippen molar-refractivity contribution in [3.8, 4) is 0 Å². The van der Waals surface area contributed by atoms with Crippen molar-refractivity contribution in [1.82, 2.24) is 0 Å². The van der Waals surface area contributed by atoms with Crippen LogP contribution in [-0.2, 0) is 16.8 Å². The Morgan fingerprint density at radius 2 is 1.35 bits per heavy atom. The summed E-state index contributed by atoms with van der Waals surface area (Å²) in [7, 11) is 0. The molecule has 0 bridgehead atoms. The van der Waals surface area contributed by atoms with Crippen molar-refractivity contribution in [3.63, 3.8) is 0 Å². The van der Waals surface area contributed by atoms with Crippen molar-refractivity contribution in [2.75, 3.05) is 0 Å². The molecule has 3 aromatic rings. The average molecular weight is 340 g/mol. The van der Waals surface area contributed by atoms with Crippen molar-refractivity contribution in [2.24, 2.45) is 5.92 Å². The number of benzene rings is 3. The average Bonchev–Trinajstić information content (AvgIpc) is 3.06. The predicted molar refractivity (Wildman–Crippen MR) is 108 cm³/mol. The molecule has 1 nitrogen and oxygen atoms in total. The molecule has 0 aromatic heterocycles. The summed E-state index contributed by atoms with van der Waals surface area (Å²) in [5, 5.41) is 0. The summed E-state index contributed by atoms with van der Waals surface area (Å²) in [5.74, 6) is 1.33. The van der Waals surface area contributed by atoms with Gasteiger partial charge in [-0.1, -0.05) is 91.0 Å². The number of rotatable bonds is 5. The first-order chi connectivity index (χ1) is 12.8. The van der Waals surface area contributed by atoms with Crippen LogP contribution in [-0.4, -0.2) is 0 Å². The second-order valence-electron chi connectivity index (χ2n) is 7.10. The van der Waals surface area contributed by atoms with Crippen LogP contribution in [0.4, 0.5) is 0 Å². The molecule has 1 aliphatic heterocycles. The van der Waals surface area contributed by atoms with E-state index in [0.29, 0.717) is 5.92 Å². The van der Waals surface area contributed by atoms with E-state index < -0.39 is 0 Å². The van der Waals surface area contributed by atoms with E-state index in [2.05, 4.69) is 97.9 Å². The highest BCUT2D eigenvalue weighted by Crippen LogP contribution is 2.46. The van der Waals surface area contributed by atoms with Crippen molar-refractivity contribution in [2.45, 2.75) is 25.4 Å². The molecular formula is C25H24O. The van der Waals surface area contributed by atoms with E-state index in [9.17, 15) is 0 Å². The van der Waals surface area contributed by atoms with E-state index in [0.717, 1.165) is 24.2 Å². The second-order valence-corrected chi connectivity index (χ2v) is 7.10. The van der Waals surface area contributed by atoms with Gasteiger partial charge in [0.1, 0.15) is 11.4 Å². The maximum Gasteiger partial charge on any atom is 0.138 e. The Morgan fingerprint density at radius 1 is 0.769 bits per heavy atom. The molecule has 0 amide bonds. The summed E-state index contributed by atoms with van der Waals surface area (Å²) < 4.78 is 6.58. The lowest BCUT2D eigenvalue weighted by Gasteiger charge is -2.32. The molecule has 130 valence electrons. The Balaban J connectivity index is 1.64. The Morgan fingerprint density at radius 3 is 2.00 bits per heavy atom. The van der Waals surface area contributed by atoms with Gasteiger partial charge in [0, 0.05) is 11.5 Å². The zero-order chi connectivity index (χ0) is 17.8. The monoisotopic (exact) mass is 340 g/mol. The lowest BCUT2D eigenvalue weighted by atomic mass is 9.80. The first kappa shape index (κ1) is 16.7. The maximum atomic E-state index is 6.58. The van der Waals surface area contributed by atoms with Gasteiger partial charge in [-0.15, -0.1) is 0 Å². The van der Waals surface area contributed by atoms with Crippen molar-refractivity contribution in [1.29, 1.82) is 0 Å². The van der Waals surface area contributed by atoms with E-state index in [-0.39, 0.29) is 5.60 Å². The van der Waals surface area contributed by atoms with Crippen LogP contribution in [0.1, 0.15) is 30.0 Å². The van der Waals surface area contributed by atoms with Gasteiger partial charge in [-0.2, -0.15) is 0 Å². The zero-order valence-electron chi connectivity index (χ0n) is 15.1. The number of hydrogen-bond acceptors (Lipinski definition) is 1. The van der Waals surface area contributed by atoms with E-state index in [1.807, 2.05) is 6.07 Å². The molecule has 0 unspecified atom stereocenters. The number of hydrogen-bond donors (Lipinski definition) is 0. The van der Waals surface area contributed by atoms with Crippen LogP contribution < -0.4 is 0 Å². The van der Waals surface area contributed by atoms with Crippen LogP contribution in [0.5, 0.6) is 0 Å². The van der Waals surface area contributed by atoms with Gasteiger partial charge in [0.2, 0.25) is 0 Å². The molecule has 1 heteroatoms. The molecule has 26 heavy (non-hydrogen) atoms. The van der Waals surface area contributed by atoms with E-state index in [1.54, 1.807) is 0 Å². The Bertz CT molecular complexity index is 868. The molecule has 4 rings (SSSR count). The smallest absolute Gasteiger partial charge is 0.138 e. The molecule has 2 atom stereocenters. The Labute approximate surface area is 156 Å². The molecule has 0 saturated carbocycles. The third-order valence-electron chi connectivity index (χ3n) is 5.37. The quantitative estimate of drug-likeness (QED) is 0.535. The van der Waals surface area contributed by atoms with Gasteiger partial charge in [0.05, 0.1) is 0 Å². The van der Waals surface area contributed by atoms with Crippen molar-refractivity contribution in [3.05, 3.63) is 114 Å². The lowest BCUT2D eigenvalue weighted by molar-refractivity contribution is 0.0336. The molecule has 0 fully saturated rings. The topological polar surface area (TPSA) is 9.23 Å². The number of aryl methyl sites for hydroxylation is 1. The molecule has 1 heterocycles. The highest BCUT2D eigenvalue weighted by atomic mass is 16.5. The van der Waals surface area contributed by atoms with Crippen LogP contribution >= 0.6 is 0 Å². The van der Waals surface area contributed by atoms with Crippen LogP contribution in [0, 0.1) is 5.92 Å². The minimum Gasteiger partial charge on any atom is -0.482 e. The maximum absolute atomic E-state index is 6.58. The van der Waals surface area contributed by atoms with Gasteiger partial charge in [-0.3, -0.25) is 0 Å². The zero-order valence-corrected chi connectivity index (χ0v) is 15.1. The molecule has 0 N–H and O–H groups in total. The molecule has 0 radical (unpaired) electrons. The third kappa shape index (κ3) is 3.30. The molecule has 3 aromatic carbocycles. The largest absolute Gasteiger partial charge is 0.482 e. The normalized spacial score (nSPS) is 21.9. The lowest BCUT2D eigenvalue weighted by Crippen LogP contribution is -2.29. The van der Waals surface area contributed by atoms with Gasteiger partial charge in [-0.25, -0.2) is 0 Å². The Hall–Kier alpha value is -2.80. The molecule has 1 aliphatic rings. The van der Waals surface area contributed by atoms with Gasteiger partial charge in [0.25, 0.3) is 0 Å². The summed E-state index contributed by atoms with van der Waals surface area (Å²) in [6.07, 6.45) is 4.44. The summed E-state index contributed by atoms with van der Waals surface area (Å²) >= 11 is 0. The van der Waals surface area contributed by atoms with Gasteiger partial charge in [0.15, 0.2) is 0 Å². The van der Waals surface area contributed by atoms with Crippen LogP contribution in [0.2, 0.25) is 0 Å². The second kappa shape index (κ2) is 7.21. The standard InChI is InChI=1S/C25H24O/c1-25(22-15-9-4-10-16-22)23(18-17-20-11-5-2-6-12-20)19-24(26-25)21-13-7-3-8-14-21/h2-16,19,23H,17-18H2,1H3/t23-,25-/m0/s1. The predicted octanol–water partition coefficient (Wildman–Crippen LogP) is 6.22. The summed E-state index contributed by atoms with van der Waals surface area (Å²) in [6, 6.07) is 31.7. The van der Waals surface area contributed by atoms with Crippen LogP contribution in [0.15, 0.2) is 97.1 Å². The fourth-order valence-electron chi connectivity index (χ4n) is 3.81. The summed E-state index contributed by atoms with van der Waals surface area (Å²) in [5.41, 5.74) is 3.43. The minimum absolute atomic E-state index is 0.332. The van der Waals surface area contributed by atoms with Crippen LogP contribution in [0.25, 0.3) is 5.76 Å². The summed E-state index contributed by atoms with van der Waals surface area (Å²) in [6.45, 7) is 2.23. The van der Waals surface area contributed by atoms with Gasteiger partial charge >= 0.3 is 0 Å². The van der Waals surface area contributed by atoms with Crippen molar-refractivity contribution < 1.29 is 4.74 Å². The van der Waals surface area contributed by atoms with E-state index >= 15 is 0 Å². The highest BCUT2D eigenvalue weighted by Gasteiger charge is 2.42. The first-order valence-corrected chi connectivity index (χ1v) is 9.31. The van der Waals surface area contributed by atoms with E-state index in [4.69, 9.17) is 4.74 Å². The molecule has 0 spiro atoms. The molecule has 0 aliphatic carbocycles.